The smallest absolute Gasteiger partial charge is 0.418 e. The number of carbonyl (C=O) groups excluding carboxylic acids is 2. The third kappa shape index (κ3) is 5.38. The zero-order valence-electron chi connectivity index (χ0n) is 14.9. The van der Waals surface area contributed by atoms with E-state index in [-0.39, 0.29) is 12.2 Å². The van der Waals surface area contributed by atoms with E-state index in [1.165, 1.54) is 12.3 Å². The predicted octanol–water partition coefficient (Wildman–Crippen LogP) is 4.87. The zero-order chi connectivity index (χ0) is 20.9. The first-order valence-corrected chi connectivity index (χ1v) is 8.48. The summed E-state index contributed by atoms with van der Waals surface area (Å²) in [6.07, 6.45) is -3.32. The van der Waals surface area contributed by atoms with Crippen LogP contribution < -0.4 is 16.0 Å². The number of amides is 3. The molecule has 3 aromatic rings. The number of carbonyl (C=O) groups is 2. The van der Waals surface area contributed by atoms with Crippen molar-refractivity contribution < 1.29 is 27.2 Å². The summed E-state index contributed by atoms with van der Waals surface area (Å²) in [5, 5.41) is 6.98. The van der Waals surface area contributed by atoms with E-state index in [2.05, 4.69) is 16.0 Å². The molecule has 0 fully saturated rings. The van der Waals surface area contributed by atoms with Crippen molar-refractivity contribution in [2.75, 3.05) is 10.6 Å². The zero-order valence-corrected chi connectivity index (χ0v) is 14.9. The Morgan fingerprint density at radius 1 is 0.931 bits per heavy atom. The average Bonchev–Trinajstić information content (AvgIpc) is 3.21. The number of nitrogens with one attached hydrogen (secondary N) is 3. The molecule has 0 aliphatic rings. The largest absolute Gasteiger partial charge is 0.467 e. The van der Waals surface area contributed by atoms with Gasteiger partial charge in [0.1, 0.15) is 5.76 Å². The normalized spacial score (nSPS) is 11.0. The molecule has 0 bridgehead atoms. The molecule has 3 amide bonds. The molecule has 0 aliphatic heterocycles. The molecule has 0 aliphatic carbocycles. The lowest BCUT2D eigenvalue weighted by molar-refractivity contribution is -0.136. The Labute approximate surface area is 163 Å². The van der Waals surface area contributed by atoms with Gasteiger partial charge in [-0.3, -0.25) is 4.79 Å². The van der Waals surface area contributed by atoms with Crippen LogP contribution in [-0.4, -0.2) is 11.9 Å². The van der Waals surface area contributed by atoms with Crippen LogP contribution in [0.1, 0.15) is 21.7 Å². The van der Waals surface area contributed by atoms with Gasteiger partial charge in [-0.1, -0.05) is 18.2 Å². The molecule has 0 saturated carbocycles. The second-order valence-corrected chi connectivity index (χ2v) is 5.97. The topological polar surface area (TPSA) is 83.4 Å². The molecule has 0 radical (unpaired) electrons. The summed E-state index contributed by atoms with van der Waals surface area (Å²) >= 11 is 0. The summed E-state index contributed by atoms with van der Waals surface area (Å²) in [7, 11) is 0. The fraction of sp³-hybridized carbons (Fsp3) is 0.100. The lowest BCUT2D eigenvalue weighted by Crippen LogP contribution is -2.29. The Morgan fingerprint density at radius 2 is 1.69 bits per heavy atom. The summed E-state index contributed by atoms with van der Waals surface area (Å²) in [5.41, 5.74) is -1.27. The fourth-order valence-corrected chi connectivity index (χ4v) is 2.51. The van der Waals surface area contributed by atoms with Crippen LogP contribution in [0.15, 0.2) is 71.3 Å². The highest BCUT2D eigenvalue weighted by Gasteiger charge is 2.34. The minimum atomic E-state index is -4.74. The highest BCUT2D eigenvalue weighted by molar-refractivity contribution is 6.04. The van der Waals surface area contributed by atoms with E-state index < -0.39 is 29.4 Å². The van der Waals surface area contributed by atoms with Crippen molar-refractivity contribution in [2.24, 2.45) is 0 Å². The van der Waals surface area contributed by atoms with Crippen LogP contribution >= 0.6 is 0 Å². The molecule has 1 heterocycles. The quantitative estimate of drug-likeness (QED) is 0.568. The van der Waals surface area contributed by atoms with Gasteiger partial charge in [-0.2, -0.15) is 13.2 Å². The van der Waals surface area contributed by atoms with Crippen LogP contribution in [0.25, 0.3) is 0 Å². The Kier molecular flexibility index (Phi) is 5.87. The van der Waals surface area contributed by atoms with E-state index in [1.54, 1.807) is 42.5 Å². The number of hydrogen-bond acceptors (Lipinski definition) is 3. The summed E-state index contributed by atoms with van der Waals surface area (Å²) in [4.78, 5) is 24.1. The molecule has 0 atom stereocenters. The molecular formula is C20H16F3N3O3. The number of halogens is 3. The molecule has 0 unspecified atom stereocenters. The minimum Gasteiger partial charge on any atom is -0.467 e. The molecule has 0 saturated heterocycles. The Bertz CT molecular complexity index is 987. The van der Waals surface area contributed by atoms with Gasteiger partial charge in [0.2, 0.25) is 0 Å². The maximum atomic E-state index is 13.4. The SMILES string of the molecule is O=C(NCc1ccco1)Nc1ccc(NC(=O)c2ccccc2)cc1C(F)(F)F. The first kappa shape index (κ1) is 20.0. The van der Waals surface area contributed by atoms with Crippen LogP contribution in [0.4, 0.5) is 29.3 Å². The average molecular weight is 403 g/mol. The molecule has 29 heavy (non-hydrogen) atoms. The standard InChI is InChI=1S/C20H16F3N3O3/c21-20(22,23)16-11-14(25-18(27)13-5-2-1-3-6-13)8-9-17(16)26-19(28)24-12-15-7-4-10-29-15/h1-11H,12H2,(H,25,27)(H2,24,26,28). The lowest BCUT2D eigenvalue weighted by Gasteiger charge is -2.16. The second-order valence-electron chi connectivity index (χ2n) is 5.97. The Morgan fingerprint density at radius 3 is 2.34 bits per heavy atom. The van der Waals surface area contributed by atoms with Crippen molar-refractivity contribution in [3.05, 3.63) is 83.8 Å². The summed E-state index contributed by atoms with van der Waals surface area (Å²) in [5.74, 6) is -0.0919. The third-order valence-corrected chi connectivity index (χ3v) is 3.87. The molecule has 1 aromatic heterocycles. The summed E-state index contributed by atoms with van der Waals surface area (Å²) in [6, 6.07) is 13.6. The number of alkyl halides is 3. The number of anilines is 2. The predicted molar refractivity (Wildman–Crippen MR) is 100 cm³/mol. The van der Waals surface area contributed by atoms with E-state index in [0.717, 1.165) is 12.1 Å². The molecule has 150 valence electrons. The van der Waals surface area contributed by atoms with Gasteiger partial charge >= 0.3 is 12.2 Å². The van der Waals surface area contributed by atoms with E-state index in [1.807, 2.05) is 0 Å². The summed E-state index contributed by atoms with van der Waals surface area (Å²) in [6.45, 7) is 0.0192. The molecular weight excluding hydrogens is 387 g/mol. The van der Waals surface area contributed by atoms with Gasteiger partial charge in [-0.25, -0.2) is 4.79 Å². The van der Waals surface area contributed by atoms with E-state index in [0.29, 0.717) is 11.3 Å². The van der Waals surface area contributed by atoms with Gasteiger partial charge in [-0.05, 0) is 42.5 Å². The van der Waals surface area contributed by atoms with Crippen molar-refractivity contribution in [2.45, 2.75) is 12.7 Å². The molecule has 2 aromatic carbocycles. The Balaban J connectivity index is 1.74. The van der Waals surface area contributed by atoms with Gasteiger partial charge < -0.3 is 20.4 Å². The van der Waals surface area contributed by atoms with E-state index >= 15 is 0 Å². The highest BCUT2D eigenvalue weighted by Crippen LogP contribution is 2.36. The van der Waals surface area contributed by atoms with Crippen LogP contribution in [-0.2, 0) is 12.7 Å². The van der Waals surface area contributed by atoms with Gasteiger partial charge in [0.05, 0.1) is 24.1 Å². The maximum Gasteiger partial charge on any atom is 0.418 e. The van der Waals surface area contributed by atoms with Gasteiger partial charge in [0.15, 0.2) is 0 Å². The number of furan rings is 1. The maximum absolute atomic E-state index is 13.4. The molecule has 3 rings (SSSR count). The lowest BCUT2D eigenvalue weighted by atomic mass is 10.1. The first-order chi connectivity index (χ1) is 13.8. The van der Waals surface area contributed by atoms with E-state index in [9.17, 15) is 22.8 Å². The number of rotatable bonds is 5. The first-order valence-electron chi connectivity index (χ1n) is 8.48. The van der Waals surface area contributed by atoms with Crippen LogP contribution in [0.2, 0.25) is 0 Å². The van der Waals surface area contributed by atoms with Crippen molar-refractivity contribution in [1.29, 1.82) is 0 Å². The summed E-state index contributed by atoms with van der Waals surface area (Å²) < 4.78 is 45.4. The van der Waals surface area contributed by atoms with Crippen molar-refractivity contribution >= 4 is 23.3 Å². The van der Waals surface area contributed by atoms with Gasteiger partial charge in [-0.15, -0.1) is 0 Å². The van der Waals surface area contributed by atoms with Crippen LogP contribution in [0.5, 0.6) is 0 Å². The molecule has 0 spiro atoms. The van der Waals surface area contributed by atoms with Crippen molar-refractivity contribution in [1.82, 2.24) is 5.32 Å². The molecule has 9 heteroatoms. The number of benzene rings is 2. The van der Waals surface area contributed by atoms with Crippen molar-refractivity contribution in [3.8, 4) is 0 Å². The molecule has 3 N–H and O–H groups in total. The highest BCUT2D eigenvalue weighted by atomic mass is 19.4. The van der Waals surface area contributed by atoms with Gasteiger partial charge in [0.25, 0.3) is 5.91 Å². The Hall–Kier alpha value is -3.75. The second kappa shape index (κ2) is 8.51. The molecule has 6 nitrogen and oxygen atoms in total. The van der Waals surface area contributed by atoms with Gasteiger partial charge in [0, 0.05) is 11.3 Å². The number of urea groups is 1. The minimum absolute atomic E-state index is 0.0192. The third-order valence-electron chi connectivity index (χ3n) is 3.87. The number of hydrogen-bond donors (Lipinski definition) is 3. The van der Waals surface area contributed by atoms with Crippen molar-refractivity contribution in [3.63, 3.8) is 0 Å². The van der Waals surface area contributed by atoms with Crippen LogP contribution in [0.3, 0.4) is 0 Å². The monoisotopic (exact) mass is 403 g/mol. The van der Waals surface area contributed by atoms with Crippen LogP contribution in [0, 0.1) is 0 Å². The fourth-order valence-electron chi connectivity index (χ4n) is 2.51. The van der Waals surface area contributed by atoms with E-state index in [4.69, 9.17) is 4.42 Å².